The molecule has 138 valence electrons. The molecule has 0 aromatic heterocycles. The molecule has 0 saturated heterocycles. The Morgan fingerprint density at radius 1 is 0.963 bits per heavy atom. The van der Waals surface area contributed by atoms with Crippen molar-refractivity contribution in [2.24, 2.45) is 0 Å². The summed E-state index contributed by atoms with van der Waals surface area (Å²) >= 11 is 5.60. The lowest BCUT2D eigenvalue weighted by Crippen LogP contribution is -2.33. The molecular formula is C23H24N2OS. The standard InChI is InChI=1S/C23H24N2OS/c1-3-26-20-14-9-13-19(16-20)24-23(27)25-22(18-11-5-4-6-12-18)21-15-8-7-10-17(21)2/h4-16,22H,3H2,1-2H3,(H2,24,25,27)/t22-/m1/s1. The van der Waals surface area contributed by atoms with Crippen LogP contribution in [0.25, 0.3) is 0 Å². The Morgan fingerprint density at radius 3 is 2.44 bits per heavy atom. The molecule has 0 saturated carbocycles. The first-order chi connectivity index (χ1) is 13.2. The second kappa shape index (κ2) is 9.19. The lowest BCUT2D eigenvalue weighted by Gasteiger charge is -2.23. The fourth-order valence-corrected chi connectivity index (χ4v) is 3.26. The Kier molecular flexibility index (Phi) is 6.44. The van der Waals surface area contributed by atoms with Gasteiger partial charge < -0.3 is 15.4 Å². The van der Waals surface area contributed by atoms with Gasteiger partial charge in [-0.3, -0.25) is 0 Å². The van der Waals surface area contributed by atoms with Crippen molar-refractivity contribution in [3.05, 3.63) is 95.6 Å². The van der Waals surface area contributed by atoms with Crippen LogP contribution in [0.2, 0.25) is 0 Å². The minimum Gasteiger partial charge on any atom is -0.494 e. The molecule has 0 fully saturated rings. The largest absolute Gasteiger partial charge is 0.494 e. The number of hydrogen-bond donors (Lipinski definition) is 2. The number of anilines is 1. The van der Waals surface area contributed by atoms with Crippen LogP contribution >= 0.6 is 12.2 Å². The summed E-state index contributed by atoms with van der Waals surface area (Å²) in [5.74, 6) is 0.823. The maximum Gasteiger partial charge on any atom is 0.171 e. The summed E-state index contributed by atoms with van der Waals surface area (Å²) in [7, 11) is 0. The number of aryl methyl sites for hydroxylation is 1. The van der Waals surface area contributed by atoms with E-state index in [-0.39, 0.29) is 6.04 Å². The summed E-state index contributed by atoms with van der Waals surface area (Å²) in [5.41, 5.74) is 4.49. The summed E-state index contributed by atoms with van der Waals surface area (Å²) in [6.45, 7) is 4.73. The zero-order valence-corrected chi connectivity index (χ0v) is 16.4. The second-order valence-corrected chi connectivity index (χ2v) is 6.67. The molecule has 0 spiro atoms. The van der Waals surface area contributed by atoms with Crippen LogP contribution in [0.5, 0.6) is 5.75 Å². The molecule has 0 aliphatic carbocycles. The van der Waals surface area contributed by atoms with E-state index in [0.29, 0.717) is 11.7 Å². The third kappa shape index (κ3) is 5.08. The molecule has 0 heterocycles. The average Bonchev–Trinajstić information content (AvgIpc) is 2.68. The van der Waals surface area contributed by atoms with Crippen LogP contribution < -0.4 is 15.4 Å². The summed E-state index contributed by atoms with van der Waals surface area (Å²) in [5, 5.41) is 7.31. The first kappa shape index (κ1) is 18.9. The van der Waals surface area contributed by atoms with Gasteiger partial charge in [0.15, 0.2) is 5.11 Å². The number of thiocarbonyl (C=S) groups is 1. The minimum atomic E-state index is -0.0255. The number of ether oxygens (including phenoxy) is 1. The Bertz CT molecular complexity index is 896. The van der Waals surface area contributed by atoms with Crippen LogP contribution in [0.15, 0.2) is 78.9 Å². The highest BCUT2D eigenvalue weighted by molar-refractivity contribution is 7.80. The Hall–Kier alpha value is -2.85. The topological polar surface area (TPSA) is 33.3 Å². The average molecular weight is 377 g/mol. The van der Waals surface area contributed by atoms with Gasteiger partial charge in [0.2, 0.25) is 0 Å². The fraction of sp³-hybridized carbons (Fsp3) is 0.174. The predicted octanol–water partition coefficient (Wildman–Crippen LogP) is 5.47. The smallest absolute Gasteiger partial charge is 0.171 e. The third-order valence-electron chi connectivity index (χ3n) is 4.31. The molecule has 3 aromatic rings. The molecule has 27 heavy (non-hydrogen) atoms. The van der Waals surface area contributed by atoms with Crippen molar-refractivity contribution in [2.75, 3.05) is 11.9 Å². The Morgan fingerprint density at radius 2 is 1.70 bits per heavy atom. The predicted molar refractivity (Wildman–Crippen MR) is 116 cm³/mol. The van der Waals surface area contributed by atoms with E-state index in [4.69, 9.17) is 17.0 Å². The van der Waals surface area contributed by atoms with Crippen LogP contribution in [0.4, 0.5) is 5.69 Å². The zero-order chi connectivity index (χ0) is 19.1. The SMILES string of the molecule is CCOc1cccc(NC(=S)N[C@H](c2ccccc2)c2ccccc2C)c1. The quantitative estimate of drug-likeness (QED) is 0.559. The van der Waals surface area contributed by atoms with Gasteiger partial charge >= 0.3 is 0 Å². The molecule has 0 aliphatic heterocycles. The van der Waals surface area contributed by atoms with Crippen molar-refractivity contribution in [3.63, 3.8) is 0 Å². The fourth-order valence-electron chi connectivity index (χ4n) is 3.03. The van der Waals surface area contributed by atoms with Crippen LogP contribution in [0.1, 0.15) is 29.7 Å². The summed E-state index contributed by atoms with van der Waals surface area (Å²) < 4.78 is 5.56. The monoisotopic (exact) mass is 376 g/mol. The van der Waals surface area contributed by atoms with Crippen molar-refractivity contribution < 1.29 is 4.74 Å². The lowest BCUT2D eigenvalue weighted by molar-refractivity contribution is 0.340. The van der Waals surface area contributed by atoms with Gasteiger partial charge in [-0.15, -0.1) is 0 Å². The van der Waals surface area contributed by atoms with Crippen molar-refractivity contribution in [2.45, 2.75) is 19.9 Å². The zero-order valence-electron chi connectivity index (χ0n) is 15.6. The normalized spacial score (nSPS) is 11.5. The van der Waals surface area contributed by atoms with E-state index in [1.165, 1.54) is 16.7 Å². The molecule has 0 unspecified atom stereocenters. The van der Waals surface area contributed by atoms with Crippen LogP contribution in [0, 0.1) is 6.92 Å². The maximum absolute atomic E-state index is 5.60. The highest BCUT2D eigenvalue weighted by Crippen LogP contribution is 2.25. The van der Waals surface area contributed by atoms with Gasteiger partial charge in [-0.2, -0.15) is 0 Å². The van der Waals surface area contributed by atoms with E-state index in [1.54, 1.807) is 0 Å². The van der Waals surface area contributed by atoms with E-state index in [1.807, 2.05) is 49.4 Å². The molecule has 3 rings (SSSR count). The van der Waals surface area contributed by atoms with Gasteiger partial charge in [0.05, 0.1) is 12.6 Å². The molecule has 2 N–H and O–H groups in total. The first-order valence-corrected chi connectivity index (χ1v) is 9.49. The van der Waals surface area contributed by atoms with Gasteiger partial charge in [0.1, 0.15) is 5.75 Å². The number of nitrogens with one attached hydrogen (secondary N) is 2. The molecule has 4 heteroatoms. The van der Waals surface area contributed by atoms with E-state index in [0.717, 1.165) is 11.4 Å². The molecule has 0 bridgehead atoms. The van der Waals surface area contributed by atoms with E-state index < -0.39 is 0 Å². The number of rotatable bonds is 6. The first-order valence-electron chi connectivity index (χ1n) is 9.08. The Labute approximate surface area is 166 Å². The van der Waals surface area contributed by atoms with Crippen LogP contribution in [0.3, 0.4) is 0 Å². The molecule has 3 nitrogen and oxygen atoms in total. The molecule has 0 aliphatic rings. The van der Waals surface area contributed by atoms with Gasteiger partial charge in [-0.1, -0.05) is 60.7 Å². The van der Waals surface area contributed by atoms with E-state index in [2.05, 4.69) is 54.0 Å². The molecule has 0 amide bonds. The van der Waals surface area contributed by atoms with Gasteiger partial charge in [-0.05, 0) is 54.9 Å². The third-order valence-corrected chi connectivity index (χ3v) is 4.53. The van der Waals surface area contributed by atoms with Crippen LogP contribution in [-0.2, 0) is 0 Å². The van der Waals surface area contributed by atoms with Crippen molar-refractivity contribution >= 4 is 23.0 Å². The number of benzene rings is 3. The molecule has 0 radical (unpaired) electrons. The minimum absolute atomic E-state index is 0.0255. The summed E-state index contributed by atoms with van der Waals surface area (Å²) in [6, 6.07) is 26.5. The van der Waals surface area contributed by atoms with Gasteiger partial charge in [0.25, 0.3) is 0 Å². The molecule has 1 atom stereocenters. The Balaban J connectivity index is 1.81. The van der Waals surface area contributed by atoms with Gasteiger partial charge in [0, 0.05) is 11.8 Å². The highest BCUT2D eigenvalue weighted by atomic mass is 32.1. The molecule has 3 aromatic carbocycles. The molecular weight excluding hydrogens is 352 g/mol. The highest BCUT2D eigenvalue weighted by Gasteiger charge is 2.17. The maximum atomic E-state index is 5.60. The van der Waals surface area contributed by atoms with Crippen LogP contribution in [-0.4, -0.2) is 11.7 Å². The van der Waals surface area contributed by atoms with Crippen molar-refractivity contribution in [1.29, 1.82) is 0 Å². The van der Waals surface area contributed by atoms with Gasteiger partial charge in [-0.25, -0.2) is 0 Å². The summed E-state index contributed by atoms with van der Waals surface area (Å²) in [4.78, 5) is 0. The van der Waals surface area contributed by atoms with E-state index in [9.17, 15) is 0 Å². The number of hydrogen-bond acceptors (Lipinski definition) is 2. The second-order valence-electron chi connectivity index (χ2n) is 6.26. The van der Waals surface area contributed by atoms with Crippen molar-refractivity contribution in [3.8, 4) is 5.75 Å². The van der Waals surface area contributed by atoms with Crippen molar-refractivity contribution in [1.82, 2.24) is 5.32 Å². The lowest BCUT2D eigenvalue weighted by atomic mass is 9.95. The van der Waals surface area contributed by atoms with E-state index >= 15 is 0 Å². The summed E-state index contributed by atoms with van der Waals surface area (Å²) in [6.07, 6.45) is 0.